The molecule has 6 nitrogen and oxygen atoms in total. The van der Waals surface area contributed by atoms with Crippen LogP contribution in [0.3, 0.4) is 0 Å². The lowest BCUT2D eigenvalue weighted by Crippen LogP contribution is -2.05. The van der Waals surface area contributed by atoms with Crippen LogP contribution >= 0.6 is 11.6 Å². The van der Waals surface area contributed by atoms with Gasteiger partial charge < -0.3 is 15.6 Å². The number of nitrogens with zero attached hydrogens (tertiary/aromatic N) is 2. The van der Waals surface area contributed by atoms with E-state index in [1.807, 2.05) is 0 Å². The normalized spacial score (nSPS) is 10.3. The molecule has 94 valence electrons. The Balaban J connectivity index is 2.60. The highest BCUT2D eigenvalue weighted by molar-refractivity contribution is 6.30. The Morgan fingerprint density at radius 2 is 2.22 bits per heavy atom. The number of hydrogen-bond acceptors (Lipinski definition) is 4. The minimum atomic E-state index is -1.15. The van der Waals surface area contributed by atoms with Gasteiger partial charge in [-0.15, -0.1) is 0 Å². The summed E-state index contributed by atoms with van der Waals surface area (Å²) in [4.78, 5) is 10.8. The van der Waals surface area contributed by atoms with Crippen LogP contribution in [0, 0.1) is 0 Å². The molecule has 0 atom stereocenters. The zero-order valence-corrected chi connectivity index (χ0v) is 10.2. The third kappa shape index (κ3) is 2.10. The molecule has 3 N–H and O–H groups in total. The predicted octanol–water partition coefficient (Wildman–Crippen LogP) is 1.81. The van der Waals surface area contributed by atoms with Crippen LogP contribution in [0.5, 0.6) is 5.75 Å². The van der Waals surface area contributed by atoms with Crippen LogP contribution in [0.2, 0.25) is 5.02 Å². The summed E-state index contributed by atoms with van der Waals surface area (Å²) in [5.74, 6) is -0.472. The first-order chi connectivity index (χ1) is 8.52. The van der Waals surface area contributed by atoms with Gasteiger partial charge in [0.1, 0.15) is 17.3 Å². The number of hydrogen-bond donors (Lipinski definition) is 2. The fourth-order valence-corrected chi connectivity index (χ4v) is 1.69. The van der Waals surface area contributed by atoms with Crippen molar-refractivity contribution in [2.75, 3.05) is 12.8 Å². The molecular formula is C11H10ClN3O3. The molecule has 0 aliphatic carbocycles. The van der Waals surface area contributed by atoms with Gasteiger partial charge >= 0.3 is 5.97 Å². The van der Waals surface area contributed by atoms with Gasteiger partial charge in [-0.3, -0.25) is 0 Å². The summed E-state index contributed by atoms with van der Waals surface area (Å²) >= 11 is 5.89. The van der Waals surface area contributed by atoms with E-state index in [2.05, 4.69) is 5.10 Å². The van der Waals surface area contributed by atoms with Gasteiger partial charge in [0.2, 0.25) is 0 Å². The molecule has 1 heterocycles. The zero-order chi connectivity index (χ0) is 13.3. The van der Waals surface area contributed by atoms with Crippen LogP contribution in [0.1, 0.15) is 10.5 Å². The van der Waals surface area contributed by atoms with E-state index in [-0.39, 0.29) is 11.5 Å². The molecular weight excluding hydrogens is 258 g/mol. The van der Waals surface area contributed by atoms with E-state index in [0.29, 0.717) is 16.5 Å². The Hall–Kier alpha value is -2.21. The molecule has 1 aromatic carbocycles. The number of rotatable bonds is 3. The van der Waals surface area contributed by atoms with E-state index in [1.165, 1.54) is 17.9 Å². The van der Waals surface area contributed by atoms with Crippen molar-refractivity contribution in [2.24, 2.45) is 0 Å². The van der Waals surface area contributed by atoms with E-state index in [0.717, 1.165) is 0 Å². The second kappa shape index (κ2) is 4.58. The number of aromatic carboxylic acids is 1. The Morgan fingerprint density at radius 3 is 2.78 bits per heavy atom. The van der Waals surface area contributed by atoms with Crippen LogP contribution in [0.4, 0.5) is 5.82 Å². The summed E-state index contributed by atoms with van der Waals surface area (Å²) in [6, 6.07) is 6.17. The summed E-state index contributed by atoms with van der Waals surface area (Å²) in [5.41, 5.74) is 6.06. The van der Waals surface area contributed by atoms with Gasteiger partial charge in [0, 0.05) is 11.1 Å². The van der Waals surface area contributed by atoms with Crippen molar-refractivity contribution >= 4 is 23.4 Å². The third-order valence-electron chi connectivity index (χ3n) is 2.33. The quantitative estimate of drug-likeness (QED) is 0.885. The number of methoxy groups -OCH3 is 1. The fraction of sp³-hybridized carbons (Fsp3) is 0.0909. The average Bonchev–Trinajstić information content (AvgIpc) is 2.71. The molecule has 2 aromatic rings. The topological polar surface area (TPSA) is 90.4 Å². The van der Waals surface area contributed by atoms with Gasteiger partial charge in [-0.05, 0) is 18.2 Å². The maximum absolute atomic E-state index is 10.8. The Kier molecular flexibility index (Phi) is 3.12. The van der Waals surface area contributed by atoms with Gasteiger partial charge in [0.05, 0.1) is 7.11 Å². The first-order valence-electron chi connectivity index (χ1n) is 4.95. The molecule has 18 heavy (non-hydrogen) atoms. The molecule has 0 saturated heterocycles. The summed E-state index contributed by atoms with van der Waals surface area (Å²) in [6.07, 6.45) is 0. The molecule has 0 aliphatic rings. The number of ether oxygens (including phenoxy) is 1. The highest BCUT2D eigenvalue weighted by Gasteiger charge is 2.15. The van der Waals surface area contributed by atoms with Crippen LogP contribution < -0.4 is 10.5 Å². The number of anilines is 1. The van der Waals surface area contributed by atoms with Gasteiger partial charge in [-0.1, -0.05) is 11.6 Å². The van der Waals surface area contributed by atoms with Crippen molar-refractivity contribution in [3.8, 4) is 11.4 Å². The molecule has 0 bridgehead atoms. The van der Waals surface area contributed by atoms with Crippen LogP contribution in [-0.2, 0) is 0 Å². The van der Waals surface area contributed by atoms with Gasteiger partial charge in [0.15, 0.2) is 5.69 Å². The molecule has 0 fully saturated rings. The largest absolute Gasteiger partial charge is 0.494 e. The van der Waals surface area contributed by atoms with Gasteiger partial charge in [-0.25, -0.2) is 9.48 Å². The summed E-state index contributed by atoms with van der Waals surface area (Å²) in [7, 11) is 1.49. The van der Waals surface area contributed by atoms with Gasteiger partial charge in [0.25, 0.3) is 0 Å². The number of carbonyl (C=O) groups is 1. The first kappa shape index (κ1) is 12.3. The molecule has 0 saturated carbocycles. The molecule has 0 radical (unpaired) electrons. The molecule has 0 amide bonds. The number of carboxylic acids is 1. The first-order valence-corrected chi connectivity index (χ1v) is 5.33. The van der Waals surface area contributed by atoms with E-state index in [9.17, 15) is 4.79 Å². The molecule has 0 aliphatic heterocycles. The van der Waals surface area contributed by atoms with Gasteiger partial charge in [-0.2, -0.15) is 5.10 Å². The van der Waals surface area contributed by atoms with Crippen molar-refractivity contribution in [1.29, 1.82) is 0 Å². The van der Waals surface area contributed by atoms with Crippen LogP contribution in [-0.4, -0.2) is 28.0 Å². The summed E-state index contributed by atoms with van der Waals surface area (Å²) < 4.78 is 6.43. The number of halogens is 1. The molecule has 7 heteroatoms. The van der Waals surface area contributed by atoms with Crippen molar-refractivity contribution in [3.05, 3.63) is 35.0 Å². The number of nitrogen functional groups attached to an aromatic ring is 1. The fourth-order valence-electron chi connectivity index (χ4n) is 1.52. The lowest BCUT2D eigenvalue weighted by molar-refractivity contribution is 0.0690. The van der Waals surface area contributed by atoms with Crippen molar-refractivity contribution in [2.45, 2.75) is 0 Å². The number of benzene rings is 1. The number of carboxylic acid groups (broad SMARTS) is 1. The van der Waals surface area contributed by atoms with Crippen molar-refractivity contribution in [3.63, 3.8) is 0 Å². The maximum atomic E-state index is 10.8. The van der Waals surface area contributed by atoms with E-state index >= 15 is 0 Å². The van der Waals surface area contributed by atoms with Crippen molar-refractivity contribution < 1.29 is 14.6 Å². The second-order valence-corrected chi connectivity index (χ2v) is 3.92. The molecule has 1 aromatic heterocycles. The minimum Gasteiger partial charge on any atom is -0.494 e. The predicted molar refractivity (Wildman–Crippen MR) is 66.5 cm³/mol. The number of nitrogens with two attached hydrogens (primary N) is 1. The second-order valence-electron chi connectivity index (χ2n) is 3.49. The number of aromatic nitrogens is 2. The van der Waals surface area contributed by atoms with Crippen LogP contribution in [0.25, 0.3) is 5.69 Å². The highest BCUT2D eigenvalue weighted by atomic mass is 35.5. The zero-order valence-electron chi connectivity index (χ0n) is 9.42. The molecule has 0 spiro atoms. The Morgan fingerprint density at radius 1 is 1.50 bits per heavy atom. The van der Waals surface area contributed by atoms with Crippen LogP contribution in [0.15, 0.2) is 24.3 Å². The SMILES string of the molecule is COc1ccc(Cl)cc1-n1nc(C(=O)O)cc1N. The van der Waals surface area contributed by atoms with E-state index < -0.39 is 5.97 Å². The third-order valence-corrected chi connectivity index (χ3v) is 2.56. The maximum Gasteiger partial charge on any atom is 0.356 e. The average molecular weight is 268 g/mol. The summed E-state index contributed by atoms with van der Waals surface area (Å²) in [6.45, 7) is 0. The molecule has 2 rings (SSSR count). The lowest BCUT2D eigenvalue weighted by Gasteiger charge is -2.09. The summed E-state index contributed by atoms with van der Waals surface area (Å²) in [5, 5.41) is 13.2. The van der Waals surface area contributed by atoms with E-state index in [4.69, 9.17) is 27.2 Å². The molecule has 0 unspecified atom stereocenters. The monoisotopic (exact) mass is 267 g/mol. The Labute approximate surface area is 108 Å². The smallest absolute Gasteiger partial charge is 0.356 e. The van der Waals surface area contributed by atoms with E-state index in [1.54, 1.807) is 18.2 Å². The Bertz CT molecular complexity index is 610. The van der Waals surface area contributed by atoms with Crippen molar-refractivity contribution in [1.82, 2.24) is 9.78 Å². The highest BCUT2D eigenvalue weighted by Crippen LogP contribution is 2.28. The lowest BCUT2D eigenvalue weighted by atomic mass is 10.3. The minimum absolute atomic E-state index is 0.144. The standard InChI is InChI=1S/C11H10ClN3O3/c1-18-9-3-2-6(12)4-8(9)15-10(13)5-7(14-15)11(16)17/h2-5H,13H2,1H3,(H,16,17).